The molecule has 3 N–H and O–H groups in total. The Labute approximate surface area is 203 Å². The highest BCUT2D eigenvalue weighted by atomic mass is 35.5. The monoisotopic (exact) mass is 490 g/mol. The maximum absolute atomic E-state index is 12.7. The summed E-state index contributed by atoms with van der Waals surface area (Å²) in [7, 11) is 0. The first-order valence-corrected chi connectivity index (χ1v) is 11.8. The Morgan fingerprint density at radius 3 is 2.50 bits per heavy atom. The topological polar surface area (TPSA) is 108 Å². The van der Waals surface area contributed by atoms with Gasteiger partial charge in [0.05, 0.1) is 16.8 Å². The molecule has 1 amide bonds. The van der Waals surface area contributed by atoms with Gasteiger partial charge in [-0.05, 0) is 61.5 Å². The zero-order chi connectivity index (χ0) is 23.7. The van der Waals surface area contributed by atoms with Crippen LogP contribution in [0, 0.1) is 6.92 Å². The van der Waals surface area contributed by atoms with Crippen LogP contribution in [0.15, 0.2) is 76.7 Å². The van der Waals surface area contributed by atoms with E-state index < -0.39 is 0 Å². The highest BCUT2D eigenvalue weighted by Crippen LogP contribution is 2.29. The van der Waals surface area contributed by atoms with Crippen LogP contribution in [0.1, 0.15) is 5.56 Å². The van der Waals surface area contributed by atoms with Crippen molar-refractivity contribution in [2.75, 3.05) is 11.1 Å². The number of hydrogen-bond acceptors (Lipinski definition) is 5. The summed E-state index contributed by atoms with van der Waals surface area (Å²) in [4.78, 5) is 29.5. The Balaban J connectivity index is 1.39. The zero-order valence-corrected chi connectivity index (χ0v) is 19.6. The SMILES string of the molecule is Cc1ccc(-n2c(SCC(=O)Nc3ccc4[nH]c(=O)[nH]c4c3)nnc2-c2ccc(Cl)cc2)cc1. The molecule has 8 nitrogen and oxygen atoms in total. The van der Waals surface area contributed by atoms with Gasteiger partial charge in [-0.3, -0.25) is 9.36 Å². The first-order valence-electron chi connectivity index (χ1n) is 10.4. The molecule has 0 bridgehead atoms. The quantitative estimate of drug-likeness (QED) is 0.296. The second-order valence-electron chi connectivity index (χ2n) is 7.66. The summed E-state index contributed by atoms with van der Waals surface area (Å²) in [5.41, 5.74) is 4.50. The number of halogens is 1. The van der Waals surface area contributed by atoms with E-state index in [0.29, 0.717) is 32.7 Å². The number of amides is 1. The Morgan fingerprint density at radius 1 is 1.00 bits per heavy atom. The smallest absolute Gasteiger partial charge is 0.323 e. The number of nitrogens with one attached hydrogen (secondary N) is 3. The second-order valence-corrected chi connectivity index (χ2v) is 9.04. The molecule has 2 heterocycles. The highest BCUT2D eigenvalue weighted by molar-refractivity contribution is 7.99. The molecule has 0 unspecified atom stereocenters. The molecule has 0 saturated carbocycles. The van der Waals surface area contributed by atoms with E-state index in [4.69, 9.17) is 11.6 Å². The third-order valence-corrected chi connectivity index (χ3v) is 6.34. The van der Waals surface area contributed by atoms with E-state index in [1.165, 1.54) is 11.8 Å². The van der Waals surface area contributed by atoms with Crippen molar-refractivity contribution < 1.29 is 4.79 Å². The van der Waals surface area contributed by atoms with Crippen LogP contribution in [0.3, 0.4) is 0 Å². The maximum Gasteiger partial charge on any atom is 0.323 e. The van der Waals surface area contributed by atoms with E-state index in [-0.39, 0.29) is 17.3 Å². The summed E-state index contributed by atoms with van der Waals surface area (Å²) in [6.07, 6.45) is 0. The van der Waals surface area contributed by atoms with Crippen molar-refractivity contribution in [1.82, 2.24) is 24.7 Å². The average molecular weight is 491 g/mol. The van der Waals surface area contributed by atoms with E-state index in [9.17, 15) is 9.59 Å². The van der Waals surface area contributed by atoms with Crippen LogP contribution in [0.2, 0.25) is 5.02 Å². The van der Waals surface area contributed by atoms with Crippen molar-refractivity contribution in [3.8, 4) is 17.1 Å². The van der Waals surface area contributed by atoms with Crippen LogP contribution < -0.4 is 11.0 Å². The molecule has 34 heavy (non-hydrogen) atoms. The number of carbonyl (C=O) groups is 1. The lowest BCUT2D eigenvalue weighted by molar-refractivity contribution is -0.113. The number of aromatic nitrogens is 5. The second kappa shape index (κ2) is 9.20. The molecule has 3 aromatic carbocycles. The largest absolute Gasteiger partial charge is 0.325 e. The summed E-state index contributed by atoms with van der Waals surface area (Å²) in [6, 6.07) is 20.6. The van der Waals surface area contributed by atoms with Gasteiger partial charge in [0.15, 0.2) is 11.0 Å². The molecule has 0 aliphatic carbocycles. The molecule has 170 valence electrons. The molecule has 0 aliphatic heterocycles. The molecular weight excluding hydrogens is 472 g/mol. The van der Waals surface area contributed by atoms with Gasteiger partial charge in [-0.15, -0.1) is 10.2 Å². The number of hydrogen-bond donors (Lipinski definition) is 3. The number of rotatable bonds is 6. The number of thioether (sulfide) groups is 1. The predicted octanol–water partition coefficient (Wildman–Crippen LogP) is 4.80. The van der Waals surface area contributed by atoms with Crippen LogP contribution in [-0.4, -0.2) is 36.4 Å². The molecule has 0 atom stereocenters. The third-order valence-electron chi connectivity index (χ3n) is 5.16. The molecule has 10 heteroatoms. The molecule has 0 saturated heterocycles. The summed E-state index contributed by atoms with van der Waals surface area (Å²) >= 11 is 7.34. The van der Waals surface area contributed by atoms with E-state index in [2.05, 4.69) is 25.5 Å². The van der Waals surface area contributed by atoms with E-state index in [0.717, 1.165) is 16.8 Å². The predicted molar refractivity (Wildman–Crippen MR) is 135 cm³/mol. The van der Waals surface area contributed by atoms with Gasteiger partial charge in [0.2, 0.25) is 5.91 Å². The van der Waals surface area contributed by atoms with Crippen LogP contribution in [0.5, 0.6) is 0 Å². The number of imidazole rings is 1. The summed E-state index contributed by atoms with van der Waals surface area (Å²) < 4.78 is 1.93. The van der Waals surface area contributed by atoms with Gasteiger partial charge in [0.25, 0.3) is 0 Å². The van der Waals surface area contributed by atoms with E-state index in [1.807, 2.05) is 47.9 Å². The fourth-order valence-corrected chi connectivity index (χ4v) is 4.39. The van der Waals surface area contributed by atoms with Gasteiger partial charge in [-0.1, -0.05) is 41.1 Å². The molecule has 0 aliphatic rings. The van der Waals surface area contributed by atoms with Gasteiger partial charge in [0, 0.05) is 22.0 Å². The van der Waals surface area contributed by atoms with Crippen molar-refractivity contribution >= 4 is 46.0 Å². The lowest BCUT2D eigenvalue weighted by atomic mass is 10.2. The molecule has 0 fully saturated rings. The first kappa shape index (κ1) is 22.0. The number of nitrogens with zero attached hydrogens (tertiary/aromatic N) is 3. The third kappa shape index (κ3) is 4.61. The normalized spacial score (nSPS) is 11.1. The van der Waals surface area contributed by atoms with Gasteiger partial charge in [0.1, 0.15) is 0 Å². The number of anilines is 1. The standard InChI is InChI=1S/C24H19ClN6O2S/c1-14-2-9-18(10-3-14)31-22(15-4-6-16(25)7-5-15)29-30-24(31)34-13-21(32)26-17-8-11-19-20(12-17)28-23(33)27-19/h2-12H,13H2,1H3,(H,26,32)(H2,27,28,33). The molecule has 5 aromatic rings. The highest BCUT2D eigenvalue weighted by Gasteiger charge is 2.17. The van der Waals surface area contributed by atoms with Crippen LogP contribution in [0.25, 0.3) is 28.1 Å². The number of carbonyl (C=O) groups excluding carboxylic acids is 1. The van der Waals surface area contributed by atoms with Gasteiger partial charge >= 0.3 is 5.69 Å². The maximum atomic E-state index is 12.7. The van der Waals surface area contributed by atoms with Crippen molar-refractivity contribution in [3.63, 3.8) is 0 Å². The minimum Gasteiger partial charge on any atom is -0.325 e. The number of aromatic amines is 2. The lowest BCUT2D eigenvalue weighted by Crippen LogP contribution is -2.14. The Hall–Kier alpha value is -3.82. The molecule has 2 aromatic heterocycles. The van der Waals surface area contributed by atoms with Gasteiger partial charge < -0.3 is 15.3 Å². The van der Waals surface area contributed by atoms with Gasteiger partial charge in [-0.2, -0.15) is 0 Å². The van der Waals surface area contributed by atoms with Crippen LogP contribution in [-0.2, 0) is 4.79 Å². The molecule has 5 rings (SSSR count). The minimum absolute atomic E-state index is 0.131. The Morgan fingerprint density at radius 2 is 1.74 bits per heavy atom. The summed E-state index contributed by atoms with van der Waals surface area (Å²) in [5, 5.41) is 12.8. The Kier molecular flexibility index (Phi) is 5.95. The molecule has 0 spiro atoms. The van der Waals surface area contributed by atoms with Crippen molar-refractivity contribution in [3.05, 3.63) is 87.8 Å². The fourth-order valence-electron chi connectivity index (χ4n) is 3.51. The van der Waals surface area contributed by atoms with Crippen LogP contribution in [0.4, 0.5) is 5.69 Å². The van der Waals surface area contributed by atoms with Gasteiger partial charge in [-0.25, -0.2) is 4.79 Å². The number of benzene rings is 3. The zero-order valence-electron chi connectivity index (χ0n) is 18.0. The molecular formula is C24H19ClN6O2S. The van der Waals surface area contributed by atoms with Crippen molar-refractivity contribution in [2.45, 2.75) is 12.1 Å². The number of H-pyrrole nitrogens is 2. The van der Waals surface area contributed by atoms with Crippen molar-refractivity contribution in [2.24, 2.45) is 0 Å². The molecule has 0 radical (unpaired) electrons. The Bertz CT molecular complexity index is 1540. The first-order chi connectivity index (χ1) is 16.5. The number of fused-ring (bicyclic) bond motifs is 1. The van der Waals surface area contributed by atoms with Crippen LogP contribution >= 0.6 is 23.4 Å². The lowest BCUT2D eigenvalue weighted by Gasteiger charge is -2.11. The number of aryl methyl sites for hydroxylation is 1. The van der Waals surface area contributed by atoms with Crippen molar-refractivity contribution in [1.29, 1.82) is 0 Å². The fraction of sp³-hybridized carbons (Fsp3) is 0.0833. The van der Waals surface area contributed by atoms with E-state index in [1.54, 1.807) is 30.3 Å². The minimum atomic E-state index is -0.291. The summed E-state index contributed by atoms with van der Waals surface area (Å²) in [6.45, 7) is 2.02. The van der Waals surface area contributed by atoms with E-state index >= 15 is 0 Å². The average Bonchev–Trinajstić information content (AvgIpc) is 3.41. The summed E-state index contributed by atoms with van der Waals surface area (Å²) in [5.74, 6) is 0.589.